The number of alkyl halides is 1. The lowest BCUT2D eigenvalue weighted by Crippen LogP contribution is -2.43. The zero-order valence-corrected chi connectivity index (χ0v) is 28.0. The number of benzene rings is 2. The Hall–Kier alpha value is -4.38. The largest absolute Gasteiger partial charge is 0.508 e. The number of fused-ring (bicyclic) bond motifs is 4. The Kier molecular flexibility index (Phi) is 7.97. The van der Waals surface area contributed by atoms with Crippen molar-refractivity contribution in [3.05, 3.63) is 53.4 Å². The Bertz CT molecular complexity index is 2300. The number of rotatable bonds is 7. The first-order valence-electron chi connectivity index (χ1n) is 16.6. The van der Waals surface area contributed by atoms with Crippen LogP contribution in [0.3, 0.4) is 0 Å². The maximum absolute atomic E-state index is 17.1. The first kappa shape index (κ1) is 32.8. The fourth-order valence-corrected chi connectivity index (χ4v) is 8.71. The maximum Gasteiger partial charge on any atom is 0.317 e. The summed E-state index contributed by atoms with van der Waals surface area (Å²) in [4.78, 5) is 15.6. The Labute approximate surface area is 285 Å². The molecule has 4 N–H and O–H groups in total. The molecule has 3 aliphatic heterocycles. The van der Waals surface area contributed by atoms with Gasteiger partial charge in [0.25, 0.3) is 10.0 Å². The number of phenols is 1. The highest BCUT2D eigenvalue weighted by atomic mass is 32.2. The molecule has 2 saturated heterocycles. The van der Waals surface area contributed by atoms with Crippen molar-refractivity contribution in [2.24, 2.45) is 5.14 Å². The summed E-state index contributed by atoms with van der Waals surface area (Å²) in [6.45, 7) is 4.10. The minimum Gasteiger partial charge on any atom is -0.508 e. The summed E-state index contributed by atoms with van der Waals surface area (Å²) in [6.07, 6.45) is 3.11. The normalized spacial score (nSPS) is 21.1. The van der Waals surface area contributed by atoms with Crippen LogP contribution < -0.4 is 15.2 Å². The van der Waals surface area contributed by atoms with Gasteiger partial charge in [-0.15, -0.1) is 0 Å². The van der Waals surface area contributed by atoms with E-state index in [1.54, 1.807) is 11.6 Å². The summed E-state index contributed by atoms with van der Waals surface area (Å²) in [7, 11) is -4.40. The van der Waals surface area contributed by atoms with Gasteiger partial charge in [-0.2, -0.15) is 15.1 Å². The topological polar surface area (TPSA) is 161 Å². The second-order valence-corrected chi connectivity index (χ2v) is 14.8. The Morgan fingerprint density at radius 3 is 2.80 bits per heavy atom. The van der Waals surface area contributed by atoms with E-state index >= 15 is 8.78 Å². The van der Waals surface area contributed by atoms with E-state index in [1.165, 1.54) is 30.5 Å². The van der Waals surface area contributed by atoms with Crippen molar-refractivity contribution in [1.82, 2.24) is 34.9 Å². The lowest BCUT2D eigenvalue weighted by atomic mass is 9.94. The van der Waals surface area contributed by atoms with Crippen molar-refractivity contribution in [3.63, 3.8) is 0 Å². The molecular formula is C34H35F3N8O4S. The third kappa shape index (κ3) is 5.36. The Balaban J connectivity index is 1.37. The Morgan fingerprint density at radius 1 is 1.16 bits per heavy atom. The summed E-state index contributed by atoms with van der Waals surface area (Å²) in [5.74, 6) is -1.58. The molecular weight excluding hydrogens is 673 g/mol. The number of nitrogens with zero attached hydrogens (tertiary/aromatic N) is 6. The fourth-order valence-electron chi connectivity index (χ4n) is 7.99. The van der Waals surface area contributed by atoms with Crippen molar-refractivity contribution < 1.29 is 31.4 Å². The molecule has 3 aliphatic rings. The molecule has 0 saturated carbocycles. The Morgan fingerprint density at radius 2 is 2.00 bits per heavy atom. The average molecular weight is 709 g/mol. The second-order valence-electron chi connectivity index (χ2n) is 13.3. The van der Waals surface area contributed by atoms with Crippen LogP contribution in [0.2, 0.25) is 0 Å². The van der Waals surface area contributed by atoms with Crippen LogP contribution in [0.5, 0.6) is 11.8 Å². The number of aromatic nitrogens is 5. The van der Waals surface area contributed by atoms with E-state index in [1.807, 2.05) is 0 Å². The van der Waals surface area contributed by atoms with E-state index in [0.29, 0.717) is 54.5 Å². The SMILES string of the molecule is CCc1c(F)ccc2cc(O)cc(-c3ncc4c(-c5c(S(N)(=O)=O)nn6c5CNCCC6)nc(OC[C@@]56CCCN5C[C@H](F)C6)nc4c3F)c12. The standard InChI is InChI=1S/C34H35F3N8O4S/c1-2-21-24(36)6-5-18-11-20(46)12-22(26(18)21)30-28(37)31-23(14-40-30)29(27-25-15-39-8-4-10-45(25)43-32(27)50(38,47)48)41-33(42-31)49-17-34-7-3-9-44(34)16-19(35)13-34/h5-6,11-12,14,19,39,46H,2-4,7-10,13,15-17H2,1H3,(H2,38,47,48)/t19-,34+/m1/s1. The van der Waals surface area contributed by atoms with Crippen LogP contribution in [0.25, 0.3) is 44.2 Å². The van der Waals surface area contributed by atoms with Gasteiger partial charge < -0.3 is 15.2 Å². The van der Waals surface area contributed by atoms with Crippen LogP contribution in [0.4, 0.5) is 13.2 Å². The minimum atomic E-state index is -4.40. The van der Waals surface area contributed by atoms with E-state index < -0.39 is 38.4 Å². The third-order valence-corrected chi connectivity index (χ3v) is 11.0. The second kappa shape index (κ2) is 12.1. The van der Waals surface area contributed by atoms with Gasteiger partial charge in [-0.3, -0.25) is 14.6 Å². The van der Waals surface area contributed by atoms with Crippen molar-refractivity contribution in [2.75, 3.05) is 26.2 Å². The molecule has 50 heavy (non-hydrogen) atoms. The van der Waals surface area contributed by atoms with E-state index in [-0.39, 0.29) is 71.2 Å². The van der Waals surface area contributed by atoms with E-state index in [2.05, 4.69) is 30.3 Å². The van der Waals surface area contributed by atoms with Crippen molar-refractivity contribution in [3.8, 4) is 34.3 Å². The summed E-state index contributed by atoms with van der Waals surface area (Å²) < 4.78 is 80.4. The highest BCUT2D eigenvalue weighted by molar-refractivity contribution is 7.89. The number of aromatic hydroxyl groups is 1. The average Bonchev–Trinajstić information content (AvgIpc) is 3.67. The number of phenolic OH excluding ortho intramolecular Hbond substituents is 1. The number of pyridine rings is 1. The molecule has 8 rings (SSSR count). The van der Waals surface area contributed by atoms with E-state index in [4.69, 9.17) is 9.88 Å². The summed E-state index contributed by atoms with van der Waals surface area (Å²) in [5, 5.41) is 24.4. The highest BCUT2D eigenvalue weighted by Crippen LogP contribution is 2.43. The van der Waals surface area contributed by atoms with Gasteiger partial charge in [-0.25, -0.2) is 26.7 Å². The number of aryl methyl sites for hydroxylation is 2. The summed E-state index contributed by atoms with van der Waals surface area (Å²) in [6, 6.07) is 5.33. The number of hydrogen-bond donors (Lipinski definition) is 3. The molecule has 0 unspecified atom stereocenters. The van der Waals surface area contributed by atoms with Crippen molar-refractivity contribution in [2.45, 2.75) is 68.9 Å². The monoisotopic (exact) mass is 708 g/mol. The molecule has 0 spiro atoms. The van der Waals surface area contributed by atoms with Crippen molar-refractivity contribution in [1.29, 1.82) is 0 Å². The van der Waals surface area contributed by atoms with Gasteiger partial charge in [-0.1, -0.05) is 13.0 Å². The predicted octanol–water partition coefficient (Wildman–Crippen LogP) is 4.35. The van der Waals surface area contributed by atoms with Crippen LogP contribution in [-0.2, 0) is 29.5 Å². The summed E-state index contributed by atoms with van der Waals surface area (Å²) >= 11 is 0. The fraction of sp³-hybridized carbons (Fsp3) is 0.412. The number of halogens is 3. The van der Waals surface area contributed by atoms with Crippen LogP contribution in [0, 0.1) is 11.6 Å². The zero-order valence-electron chi connectivity index (χ0n) is 27.2. The predicted molar refractivity (Wildman–Crippen MR) is 179 cm³/mol. The van der Waals surface area contributed by atoms with Gasteiger partial charge in [0.05, 0.1) is 22.5 Å². The molecule has 2 aromatic carbocycles. The highest BCUT2D eigenvalue weighted by Gasteiger charge is 2.49. The van der Waals surface area contributed by atoms with E-state index in [9.17, 15) is 17.9 Å². The van der Waals surface area contributed by atoms with Crippen LogP contribution >= 0.6 is 0 Å². The van der Waals surface area contributed by atoms with Gasteiger partial charge in [0, 0.05) is 43.2 Å². The number of nitrogens with two attached hydrogens (primary N) is 1. The number of nitrogens with one attached hydrogen (secondary N) is 1. The minimum absolute atomic E-state index is 0.00597. The molecule has 0 radical (unpaired) electrons. The quantitative estimate of drug-likeness (QED) is 0.222. The van der Waals surface area contributed by atoms with Gasteiger partial charge in [0.2, 0.25) is 5.03 Å². The number of primary sulfonamides is 1. The van der Waals surface area contributed by atoms with Crippen LogP contribution in [0.1, 0.15) is 43.9 Å². The van der Waals surface area contributed by atoms with Crippen LogP contribution in [0.15, 0.2) is 35.5 Å². The molecule has 0 bridgehead atoms. The first-order valence-corrected chi connectivity index (χ1v) is 18.2. The molecule has 0 aliphatic carbocycles. The van der Waals surface area contributed by atoms with Gasteiger partial charge in [-0.05, 0) is 73.3 Å². The third-order valence-electron chi connectivity index (χ3n) is 10.2. The lowest BCUT2D eigenvalue weighted by Gasteiger charge is -2.30. The molecule has 2 fully saturated rings. The molecule has 2 atom stereocenters. The lowest BCUT2D eigenvalue weighted by molar-refractivity contribution is 0.107. The first-order chi connectivity index (χ1) is 24.0. The van der Waals surface area contributed by atoms with Crippen molar-refractivity contribution >= 4 is 31.7 Å². The number of hydrogen-bond acceptors (Lipinski definition) is 10. The zero-order chi connectivity index (χ0) is 34.9. The van der Waals surface area contributed by atoms with Gasteiger partial charge >= 0.3 is 6.01 Å². The smallest absolute Gasteiger partial charge is 0.317 e. The molecule has 16 heteroatoms. The molecule has 3 aromatic heterocycles. The van der Waals surface area contributed by atoms with Gasteiger partial charge in [0.15, 0.2) is 5.82 Å². The summed E-state index contributed by atoms with van der Waals surface area (Å²) in [5.41, 5.74) is -0.0436. The number of ether oxygens (including phenoxy) is 1. The number of sulfonamides is 1. The van der Waals surface area contributed by atoms with Gasteiger partial charge in [0.1, 0.15) is 35.6 Å². The molecule has 12 nitrogen and oxygen atoms in total. The molecule has 0 amide bonds. The maximum atomic E-state index is 17.1. The molecule has 262 valence electrons. The van der Waals surface area contributed by atoms with Crippen LogP contribution in [-0.4, -0.2) is 81.1 Å². The van der Waals surface area contributed by atoms with E-state index in [0.717, 1.165) is 13.0 Å². The molecule has 5 aromatic rings. The molecule has 6 heterocycles.